The van der Waals surface area contributed by atoms with Crippen molar-refractivity contribution >= 4 is 23.5 Å². The van der Waals surface area contributed by atoms with Crippen molar-refractivity contribution in [2.24, 2.45) is 5.92 Å². The quantitative estimate of drug-likeness (QED) is 0.245. The Morgan fingerprint density at radius 2 is 1.06 bits per heavy atom. The van der Waals surface area contributed by atoms with Crippen LogP contribution in [0.25, 0.3) is 0 Å². The summed E-state index contributed by atoms with van der Waals surface area (Å²) in [7, 11) is 0. The van der Waals surface area contributed by atoms with Gasteiger partial charge < -0.3 is 5.11 Å². The summed E-state index contributed by atoms with van der Waals surface area (Å²) in [4.78, 5) is 25.0. The lowest BCUT2D eigenvalue weighted by Gasteiger charge is -2.36. The zero-order chi connectivity index (χ0) is 24.5. The van der Waals surface area contributed by atoms with E-state index < -0.39 is 16.6 Å². The molecule has 0 amide bonds. The lowest BCUT2D eigenvalue weighted by molar-refractivity contribution is -0.142. The third-order valence-corrected chi connectivity index (χ3v) is 7.82. The van der Waals surface area contributed by atoms with Crippen LogP contribution in [0.5, 0.6) is 0 Å². The molecule has 176 valence electrons. The lowest BCUT2D eigenvalue weighted by Crippen LogP contribution is -2.29. The van der Waals surface area contributed by atoms with Crippen LogP contribution in [0.4, 0.5) is 0 Å². The van der Waals surface area contributed by atoms with Crippen LogP contribution in [-0.2, 0) is 20.8 Å². The number of carboxylic acid groups (broad SMARTS) is 1. The van der Waals surface area contributed by atoms with Gasteiger partial charge in [0.1, 0.15) is 5.78 Å². The number of carbonyl (C=O) groups excluding carboxylic acids is 1. The lowest BCUT2D eigenvalue weighted by atomic mass is 9.84. The van der Waals surface area contributed by atoms with Crippen LogP contribution in [0.1, 0.15) is 28.7 Å². The Morgan fingerprint density at radius 1 is 0.657 bits per heavy atom. The molecule has 0 aliphatic rings. The number of aliphatic carboxylic acids is 1. The maximum absolute atomic E-state index is 12.8. The average Bonchev–Trinajstić information content (AvgIpc) is 2.90. The molecule has 0 aliphatic heterocycles. The van der Waals surface area contributed by atoms with Crippen molar-refractivity contribution in [3.63, 3.8) is 0 Å². The molecule has 0 heterocycles. The molecule has 0 aliphatic carbocycles. The summed E-state index contributed by atoms with van der Waals surface area (Å²) in [5, 5.41) is 10.0. The Hall–Kier alpha value is -3.63. The van der Waals surface area contributed by atoms with Crippen molar-refractivity contribution in [1.29, 1.82) is 0 Å². The summed E-state index contributed by atoms with van der Waals surface area (Å²) in [5.41, 5.74) is 4.12. The standard InChI is InChI=1S/C31H28O3S/c32-29(21-24-13-5-1-6-14-24)22-25(30(33)34)23-35-31(26-15-7-2-8-16-26,27-17-9-3-10-18-27)28-19-11-4-12-20-28/h1-20,25H,21-23H2,(H,33,34). The molecular weight excluding hydrogens is 452 g/mol. The fourth-order valence-corrected chi connectivity index (χ4v) is 6.00. The van der Waals surface area contributed by atoms with E-state index >= 15 is 0 Å². The molecule has 0 saturated heterocycles. The number of ketones is 1. The van der Waals surface area contributed by atoms with E-state index in [1.165, 1.54) is 0 Å². The Kier molecular flexibility index (Phi) is 8.17. The molecule has 0 spiro atoms. The summed E-state index contributed by atoms with van der Waals surface area (Å²) in [6, 6.07) is 40.0. The molecule has 0 fully saturated rings. The Bertz CT molecular complexity index is 1130. The van der Waals surface area contributed by atoms with Crippen molar-refractivity contribution in [1.82, 2.24) is 0 Å². The van der Waals surface area contributed by atoms with Gasteiger partial charge in [-0.15, -0.1) is 11.8 Å². The highest BCUT2D eigenvalue weighted by Crippen LogP contribution is 2.49. The summed E-state index contributed by atoms with van der Waals surface area (Å²) >= 11 is 1.58. The van der Waals surface area contributed by atoms with Crippen LogP contribution in [0, 0.1) is 5.92 Å². The van der Waals surface area contributed by atoms with Crippen LogP contribution in [0.3, 0.4) is 0 Å². The number of carboxylic acids is 1. The van der Waals surface area contributed by atoms with E-state index in [0.717, 1.165) is 22.3 Å². The van der Waals surface area contributed by atoms with E-state index in [-0.39, 0.29) is 18.6 Å². The summed E-state index contributed by atoms with van der Waals surface area (Å²) in [6.45, 7) is 0. The minimum absolute atomic E-state index is 0.00563. The van der Waals surface area contributed by atoms with Crippen molar-refractivity contribution in [3.8, 4) is 0 Å². The fraction of sp³-hybridized carbons (Fsp3) is 0.161. The fourth-order valence-electron chi connectivity index (χ4n) is 4.38. The molecule has 4 aromatic rings. The van der Waals surface area contributed by atoms with Crippen LogP contribution in [0.2, 0.25) is 0 Å². The highest BCUT2D eigenvalue weighted by Gasteiger charge is 2.38. The van der Waals surface area contributed by atoms with Gasteiger partial charge in [0, 0.05) is 18.6 Å². The van der Waals surface area contributed by atoms with E-state index in [0.29, 0.717) is 5.75 Å². The van der Waals surface area contributed by atoms with Crippen LogP contribution in [-0.4, -0.2) is 22.6 Å². The van der Waals surface area contributed by atoms with Gasteiger partial charge in [-0.1, -0.05) is 121 Å². The van der Waals surface area contributed by atoms with Gasteiger partial charge in [-0.3, -0.25) is 9.59 Å². The first-order valence-corrected chi connectivity index (χ1v) is 12.7. The summed E-state index contributed by atoms with van der Waals surface area (Å²) in [6.07, 6.45) is 0.252. The number of rotatable bonds is 11. The van der Waals surface area contributed by atoms with Gasteiger partial charge in [0.25, 0.3) is 0 Å². The second-order valence-electron chi connectivity index (χ2n) is 8.53. The zero-order valence-electron chi connectivity index (χ0n) is 19.4. The van der Waals surface area contributed by atoms with Gasteiger partial charge in [0.2, 0.25) is 0 Å². The number of carbonyl (C=O) groups is 2. The molecule has 0 bridgehead atoms. The minimum Gasteiger partial charge on any atom is -0.481 e. The van der Waals surface area contributed by atoms with Gasteiger partial charge in [-0.05, 0) is 22.3 Å². The third-order valence-electron chi connectivity index (χ3n) is 6.11. The first-order chi connectivity index (χ1) is 17.1. The molecule has 1 atom stereocenters. The molecule has 3 nitrogen and oxygen atoms in total. The highest BCUT2D eigenvalue weighted by atomic mass is 32.2. The van der Waals surface area contributed by atoms with Crippen LogP contribution in [0.15, 0.2) is 121 Å². The molecule has 0 aromatic heterocycles. The van der Waals surface area contributed by atoms with Gasteiger partial charge in [0.05, 0.1) is 10.7 Å². The zero-order valence-corrected chi connectivity index (χ0v) is 20.2. The van der Waals surface area contributed by atoms with Crippen molar-refractivity contribution < 1.29 is 14.7 Å². The van der Waals surface area contributed by atoms with Crippen LogP contribution < -0.4 is 0 Å². The Balaban J connectivity index is 1.67. The van der Waals surface area contributed by atoms with E-state index in [2.05, 4.69) is 36.4 Å². The molecule has 0 radical (unpaired) electrons. The largest absolute Gasteiger partial charge is 0.481 e. The first kappa shape index (κ1) is 24.5. The predicted molar refractivity (Wildman–Crippen MR) is 143 cm³/mol. The Morgan fingerprint density at radius 3 is 1.46 bits per heavy atom. The highest BCUT2D eigenvalue weighted by molar-refractivity contribution is 8.00. The minimum atomic E-state index is -0.943. The topological polar surface area (TPSA) is 54.4 Å². The SMILES string of the molecule is O=C(Cc1ccccc1)CC(CSC(c1ccccc1)(c1ccccc1)c1ccccc1)C(=O)O. The maximum Gasteiger partial charge on any atom is 0.307 e. The molecule has 35 heavy (non-hydrogen) atoms. The normalized spacial score (nSPS) is 12.1. The van der Waals surface area contributed by atoms with Crippen molar-refractivity contribution in [2.45, 2.75) is 17.6 Å². The molecule has 4 heteroatoms. The monoisotopic (exact) mass is 480 g/mol. The number of hydrogen-bond donors (Lipinski definition) is 1. The maximum atomic E-state index is 12.8. The van der Waals surface area contributed by atoms with E-state index in [4.69, 9.17) is 0 Å². The number of benzene rings is 4. The molecule has 1 N–H and O–H groups in total. The molecular formula is C31H28O3S. The van der Waals surface area contributed by atoms with Gasteiger partial charge in [-0.25, -0.2) is 0 Å². The summed E-state index contributed by atoms with van der Waals surface area (Å²) in [5.74, 6) is -1.49. The second-order valence-corrected chi connectivity index (χ2v) is 9.76. The second kappa shape index (κ2) is 11.7. The average molecular weight is 481 g/mol. The molecule has 4 aromatic carbocycles. The third kappa shape index (κ3) is 5.90. The van der Waals surface area contributed by atoms with E-state index in [1.807, 2.05) is 84.9 Å². The van der Waals surface area contributed by atoms with E-state index in [9.17, 15) is 14.7 Å². The number of thioether (sulfide) groups is 1. The van der Waals surface area contributed by atoms with Crippen molar-refractivity contribution in [2.75, 3.05) is 5.75 Å². The van der Waals surface area contributed by atoms with Gasteiger partial charge in [0.15, 0.2) is 0 Å². The van der Waals surface area contributed by atoms with E-state index in [1.54, 1.807) is 11.8 Å². The van der Waals surface area contributed by atoms with Crippen molar-refractivity contribution in [3.05, 3.63) is 144 Å². The molecule has 4 rings (SSSR count). The Labute approximate surface area is 210 Å². The van der Waals surface area contributed by atoms with Crippen LogP contribution >= 0.6 is 11.8 Å². The predicted octanol–water partition coefficient (Wildman–Crippen LogP) is 6.61. The summed E-state index contributed by atoms with van der Waals surface area (Å²) < 4.78 is -0.611. The molecule has 0 saturated carbocycles. The van der Waals surface area contributed by atoms with Gasteiger partial charge in [-0.2, -0.15) is 0 Å². The molecule has 1 unspecified atom stereocenters. The number of Topliss-reactive ketones (excluding diaryl/α,β-unsaturated/α-hetero) is 1. The number of hydrogen-bond acceptors (Lipinski definition) is 3. The smallest absolute Gasteiger partial charge is 0.307 e. The van der Waals surface area contributed by atoms with Gasteiger partial charge >= 0.3 is 5.97 Å². The first-order valence-electron chi connectivity index (χ1n) is 11.7.